The molecule has 4 nitrogen and oxygen atoms in total. The molecule has 0 radical (unpaired) electrons. The van der Waals surface area contributed by atoms with Crippen LogP contribution in [0.4, 0.5) is 0 Å². The summed E-state index contributed by atoms with van der Waals surface area (Å²) in [5.74, 6) is 0.362. The van der Waals surface area contributed by atoms with Crippen LogP contribution in [0.15, 0.2) is 47.5 Å². The van der Waals surface area contributed by atoms with Gasteiger partial charge in [-0.05, 0) is 35.4 Å². The number of halogens is 1. The molecule has 0 saturated carbocycles. The van der Waals surface area contributed by atoms with Gasteiger partial charge in [-0.2, -0.15) is 0 Å². The molecule has 0 N–H and O–H groups in total. The van der Waals surface area contributed by atoms with Crippen LogP contribution in [0, 0.1) is 0 Å². The molecule has 2 heterocycles. The van der Waals surface area contributed by atoms with Crippen molar-refractivity contribution in [2.45, 2.75) is 4.90 Å². The molecule has 0 aliphatic heterocycles. The number of methoxy groups -OCH3 is 1. The van der Waals surface area contributed by atoms with Crippen molar-refractivity contribution in [2.24, 2.45) is 0 Å². The number of carbonyl (C=O) groups excluding carboxylic acids is 1. The number of carbonyl (C=O) groups is 1. The lowest BCUT2D eigenvalue weighted by Crippen LogP contribution is -2.07. The second-order valence-corrected chi connectivity index (χ2v) is 6.69. The highest BCUT2D eigenvalue weighted by molar-refractivity contribution is 7.91. The third-order valence-electron chi connectivity index (χ3n) is 3.53. The van der Waals surface area contributed by atoms with Gasteiger partial charge in [0.1, 0.15) is 5.75 Å². The molecule has 0 aliphatic rings. The van der Waals surface area contributed by atoms with Gasteiger partial charge in [0, 0.05) is 17.6 Å². The molecule has 1 unspecified atom stereocenters. The Hall–Kier alpha value is -1.69. The summed E-state index contributed by atoms with van der Waals surface area (Å²) in [5.41, 5.74) is 2.12. The summed E-state index contributed by atoms with van der Waals surface area (Å²) in [4.78, 5) is 12.8. The van der Waals surface area contributed by atoms with Crippen LogP contribution in [0.5, 0.6) is 0 Å². The van der Waals surface area contributed by atoms with Crippen molar-refractivity contribution in [1.29, 1.82) is 0 Å². The van der Waals surface area contributed by atoms with E-state index in [1.165, 1.54) is 7.11 Å². The maximum Gasteiger partial charge on any atom is 0.340 e. The van der Waals surface area contributed by atoms with Crippen LogP contribution in [0.1, 0.15) is 10.4 Å². The first-order valence-electron chi connectivity index (χ1n) is 6.73. The minimum Gasteiger partial charge on any atom is -0.611 e. The zero-order valence-corrected chi connectivity index (χ0v) is 13.5. The lowest BCUT2D eigenvalue weighted by molar-refractivity contribution is 0.0605. The van der Waals surface area contributed by atoms with E-state index < -0.39 is 11.2 Å². The quantitative estimate of drug-likeness (QED) is 0.418. The Morgan fingerprint density at radius 3 is 2.86 bits per heavy atom. The smallest absolute Gasteiger partial charge is 0.340 e. The zero-order valence-electron chi connectivity index (χ0n) is 11.9. The number of aromatic nitrogens is 1. The predicted octanol–water partition coefficient (Wildman–Crippen LogP) is 3.23. The van der Waals surface area contributed by atoms with E-state index in [2.05, 4.69) is 0 Å². The van der Waals surface area contributed by atoms with Gasteiger partial charge < -0.3 is 13.7 Å². The van der Waals surface area contributed by atoms with Crippen LogP contribution in [-0.2, 0) is 15.9 Å². The standard InChI is InChI=1S/C16H14ClNO3S/c1-21-16(19)15-12-6-5-11(22(20)9-7-17)10-14(12)18-8-3-2-4-13(15)18/h2-6,8,10H,7,9H2,1H3. The fourth-order valence-electron chi connectivity index (χ4n) is 2.56. The Morgan fingerprint density at radius 1 is 1.32 bits per heavy atom. The summed E-state index contributed by atoms with van der Waals surface area (Å²) in [5, 5.41) is 0.782. The van der Waals surface area contributed by atoms with Crippen LogP contribution in [0.25, 0.3) is 16.4 Å². The monoisotopic (exact) mass is 335 g/mol. The summed E-state index contributed by atoms with van der Waals surface area (Å²) in [6, 6.07) is 11.1. The van der Waals surface area contributed by atoms with Crippen LogP contribution >= 0.6 is 11.6 Å². The number of pyridine rings is 1. The van der Waals surface area contributed by atoms with Crippen molar-refractivity contribution in [1.82, 2.24) is 4.40 Å². The number of fused-ring (bicyclic) bond motifs is 3. The van der Waals surface area contributed by atoms with Gasteiger partial charge >= 0.3 is 5.97 Å². The molecule has 0 saturated heterocycles. The van der Waals surface area contributed by atoms with Crippen LogP contribution in [0.3, 0.4) is 0 Å². The predicted molar refractivity (Wildman–Crippen MR) is 88.2 cm³/mol. The van der Waals surface area contributed by atoms with Gasteiger partial charge in [-0.25, -0.2) is 4.79 Å². The van der Waals surface area contributed by atoms with Gasteiger partial charge in [0.05, 0.1) is 29.6 Å². The normalized spacial score (nSPS) is 12.7. The van der Waals surface area contributed by atoms with E-state index >= 15 is 0 Å². The Morgan fingerprint density at radius 2 is 2.14 bits per heavy atom. The molecule has 3 rings (SSSR count). The zero-order chi connectivity index (χ0) is 15.7. The van der Waals surface area contributed by atoms with E-state index in [1.54, 1.807) is 6.07 Å². The molecule has 6 heteroatoms. The molecule has 1 atom stereocenters. The van der Waals surface area contributed by atoms with Crippen LogP contribution < -0.4 is 0 Å². The first-order chi connectivity index (χ1) is 10.7. The highest BCUT2D eigenvalue weighted by atomic mass is 35.5. The van der Waals surface area contributed by atoms with Crippen molar-refractivity contribution in [2.75, 3.05) is 18.7 Å². The van der Waals surface area contributed by atoms with Crippen LogP contribution in [0.2, 0.25) is 0 Å². The summed E-state index contributed by atoms with van der Waals surface area (Å²) in [7, 11) is 1.37. The molecule has 0 spiro atoms. The summed E-state index contributed by atoms with van der Waals surface area (Å²) in [6.07, 6.45) is 1.87. The number of benzene rings is 1. The molecular formula is C16H14ClNO3S. The first kappa shape index (κ1) is 15.2. The van der Waals surface area contributed by atoms with E-state index in [-0.39, 0.29) is 5.97 Å². The summed E-state index contributed by atoms with van der Waals surface area (Å²) < 4.78 is 19.0. The largest absolute Gasteiger partial charge is 0.611 e. The van der Waals surface area contributed by atoms with Crippen molar-refractivity contribution in [3.05, 3.63) is 48.2 Å². The molecule has 0 amide bonds. The lowest BCUT2D eigenvalue weighted by atomic mass is 10.1. The first-order valence-corrected chi connectivity index (χ1v) is 8.58. The van der Waals surface area contributed by atoms with Crippen molar-refractivity contribution >= 4 is 45.2 Å². The SMILES string of the molecule is COC(=O)c1c2ccc([S+]([O-])CCCl)cc2n2ccccc12. The van der Waals surface area contributed by atoms with E-state index in [1.807, 2.05) is 40.9 Å². The minimum atomic E-state index is -1.15. The molecule has 0 aliphatic carbocycles. The topological polar surface area (TPSA) is 53.8 Å². The van der Waals surface area contributed by atoms with Gasteiger partial charge in [0.25, 0.3) is 0 Å². The second kappa shape index (κ2) is 6.20. The van der Waals surface area contributed by atoms with Crippen LogP contribution in [-0.4, -0.2) is 33.7 Å². The van der Waals surface area contributed by atoms with Gasteiger partial charge in [0.2, 0.25) is 0 Å². The molecule has 2 aromatic heterocycles. The maximum absolute atomic E-state index is 12.1. The molecule has 3 aromatic rings. The molecule has 22 heavy (non-hydrogen) atoms. The summed E-state index contributed by atoms with van der Waals surface area (Å²) in [6.45, 7) is 0. The van der Waals surface area contributed by atoms with Gasteiger partial charge in [-0.1, -0.05) is 6.07 Å². The fourth-order valence-corrected chi connectivity index (χ4v) is 3.82. The summed E-state index contributed by atoms with van der Waals surface area (Å²) >= 11 is 4.52. The number of rotatable bonds is 4. The molecule has 0 bridgehead atoms. The Labute approximate surface area is 135 Å². The Kier molecular flexibility index (Phi) is 4.29. The van der Waals surface area contributed by atoms with Gasteiger partial charge in [-0.3, -0.25) is 0 Å². The van der Waals surface area contributed by atoms with Crippen molar-refractivity contribution in [3.8, 4) is 0 Å². The minimum absolute atomic E-state index is 0.340. The van der Waals surface area contributed by atoms with Gasteiger partial charge in [0.15, 0.2) is 4.90 Å². The molecule has 114 valence electrons. The highest BCUT2D eigenvalue weighted by Gasteiger charge is 2.20. The average molecular weight is 336 g/mol. The molecule has 1 aromatic carbocycles. The van der Waals surface area contributed by atoms with E-state index in [9.17, 15) is 9.35 Å². The Balaban J connectivity index is 2.29. The lowest BCUT2D eigenvalue weighted by Gasteiger charge is -2.08. The number of ether oxygens (including phenoxy) is 1. The fraction of sp³-hybridized carbons (Fsp3) is 0.188. The van der Waals surface area contributed by atoms with E-state index in [4.69, 9.17) is 16.3 Å². The van der Waals surface area contributed by atoms with E-state index in [0.29, 0.717) is 22.1 Å². The molecular weight excluding hydrogens is 322 g/mol. The van der Waals surface area contributed by atoms with Crippen molar-refractivity contribution < 1.29 is 14.1 Å². The maximum atomic E-state index is 12.1. The number of alkyl halides is 1. The molecule has 0 fully saturated rings. The third-order valence-corrected chi connectivity index (χ3v) is 5.30. The number of nitrogens with zero attached hydrogens (tertiary/aromatic N) is 1. The average Bonchev–Trinajstić information content (AvgIpc) is 2.88. The van der Waals surface area contributed by atoms with Crippen molar-refractivity contribution in [3.63, 3.8) is 0 Å². The number of esters is 1. The highest BCUT2D eigenvalue weighted by Crippen LogP contribution is 2.29. The number of hydrogen-bond acceptors (Lipinski definition) is 3. The van der Waals surface area contributed by atoms with E-state index in [0.717, 1.165) is 16.4 Å². The Bertz CT molecular complexity index is 846. The second-order valence-electron chi connectivity index (χ2n) is 4.74. The number of hydrogen-bond donors (Lipinski definition) is 0. The third kappa shape index (κ3) is 2.45. The van der Waals surface area contributed by atoms with Gasteiger partial charge in [-0.15, -0.1) is 11.6 Å².